The van der Waals surface area contributed by atoms with Gasteiger partial charge in [0.1, 0.15) is 11.5 Å². The van der Waals surface area contributed by atoms with E-state index in [0.717, 1.165) is 0 Å². The summed E-state index contributed by atoms with van der Waals surface area (Å²) in [5.74, 6) is -0.0126. The molecule has 1 aromatic heterocycles. The molecule has 4 nitrogen and oxygen atoms in total. The number of ether oxygens (including phenoxy) is 1. The molecule has 1 unspecified atom stereocenters. The highest BCUT2D eigenvalue weighted by atomic mass is 19.1. The van der Waals surface area contributed by atoms with Crippen molar-refractivity contribution in [2.75, 3.05) is 0 Å². The van der Waals surface area contributed by atoms with E-state index in [4.69, 9.17) is 4.74 Å². The highest BCUT2D eigenvalue weighted by Crippen LogP contribution is 2.17. The summed E-state index contributed by atoms with van der Waals surface area (Å²) in [4.78, 5) is 11.1. The molecule has 0 radical (unpaired) electrons. The number of Topliss-reactive ketones (excluding diaryl/α,β-unsaturated/α-hetero) is 1. The lowest BCUT2D eigenvalue weighted by Gasteiger charge is -2.08. The van der Waals surface area contributed by atoms with Crippen LogP contribution in [0.3, 0.4) is 0 Å². The maximum atomic E-state index is 13.5. The summed E-state index contributed by atoms with van der Waals surface area (Å²) < 4.78 is 20.3. The number of ketones is 1. The molecule has 0 saturated heterocycles. The van der Waals surface area contributed by atoms with Gasteiger partial charge in [0.25, 0.3) is 0 Å². The Bertz CT molecular complexity index is 566. The van der Waals surface area contributed by atoms with Crippen LogP contribution >= 0.6 is 0 Å². The van der Waals surface area contributed by atoms with Crippen LogP contribution in [0, 0.1) is 5.82 Å². The Hall–Kier alpha value is -2.17. The molecule has 2 aromatic rings. The molecule has 1 aromatic carbocycles. The summed E-state index contributed by atoms with van der Waals surface area (Å²) in [6.07, 6.45) is 2.45. The third-order valence-electron chi connectivity index (χ3n) is 2.54. The Morgan fingerprint density at radius 1 is 1.44 bits per heavy atom. The van der Waals surface area contributed by atoms with Gasteiger partial charge in [0.2, 0.25) is 0 Å². The fourth-order valence-electron chi connectivity index (χ4n) is 1.42. The van der Waals surface area contributed by atoms with Crippen LogP contribution in [0.4, 0.5) is 4.39 Å². The van der Waals surface area contributed by atoms with Gasteiger partial charge in [0.15, 0.2) is 17.6 Å². The molecule has 5 heteroatoms. The third kappa shape index (κ3) is 2.56. The van der Waals surface area contributed by atoms with Crippen LogP contribution < -0.4 is 4.74 Å². The summed E-state index contributed by atoms with van der Waals surface area (Å²) in [7, 11) is 0. The minimum absolute atomic E-state index is 0.0753. The van der Waals surface area contributed by atoms with E-state index in [1.54, 1.807) is 25.1 Å². The van der Waals surface area contributed by atoms with Crippen molar-refractivity contribution >= 4 is 5.78 Å². The van der Waals surface area contributed by atoms with Crippen molar-refractivity contribution in [2.45, 2.75) is 20.0 Å². The number of nitrogens with zero attached hydrogens (tertiary/aromatic N) is 2. The van der Waals surface area contributed by atoms with Gasteiger partial charge in [-0.1, -0.05) is 12.1 Å². The lowest BCUT2D eigenvalue weighted by molar-refractivity contribution is -0.122. The number of carbonyl (C=O) groups is 1. The van der Waals surface area contributed by atoms with E-state index in [-0.39, 0.29) is 11.6 Å². The van der Waals surface area contributed by atoms with Crippen LogP contribution in [0.1, 0.15) is 13.8 Å². The lowest BCUT2D eigenvalue weighted by atomic mass is 10.3. The standard InChI is InChI=1S/C13H13FN2O2/c1-9(17)10(2)18-11-7-15-16(8-11)13-6-4-3-5-12(13)14/h3-8,10H,1-2H3. The summed E-state index contributed by atoms with van der Waals surface area (Å²) in [6.45, 7) is 3.11. The lowest BCUT2D eigenvalue weighted by Crippen LogP contribution is -2.20. The quantitative estimate of drug-likeness (QED) is 0.834. The maximum absolute atomic E-state index is 13.5. The minimum Gasteiger partial charge on any atom is -0.480 e. The number of carbonyl (C=O) groups excluding carboxylic acids is 1. The minimum atomic E-state index is -0.539. The molecule has 0 amide bonds. The molecule has 94 valence electrons. The summed E-state index contributed by atoms with van der Waals surface area (Å²) >= 11 is 0. The van der Waals surface area contributed by atoms with Crippen molar-refractivity contribution in [3.8, 4) is 11.4 Å². The Morgan fingerprint density at radius 3 is 2.83 bits per heavy atom. The molecule has 18 heavy (non-hydrogen) atoms. The van der Waals surface area contributed by atoms with Gasteiger partial charge in [0.05, 0.1) is 12.4 Å². The fourth-order valence-corrected chi connectivity index (χ4v) is 1.42. The Labute approximate surface area is 104 Å². The van der Waals surface area contributed by atoms with E-state index in [9.17, 15) is 9.18 Å². The zero-order valence-corrected chi connectivity index (χ0v) is 10.1. The molecule has 1 atom stereocenters. The van der Waals surface area contributed by atoms with Crippen molar-refractivity contribution in [2.24, 2.45) is 0 Å². The van der Waals surface area contributed by atoms with Crippen LogP contribution in [0.25, 0.3) is 5.69 Å². The van der Waals surface area contributed by atoms with Crippen molar-refractivity contribution in [1.29, 1.82) is 0 Å². The molecule has 2 rings (SSSR count). The first kappa shape index (κ1) is 12.3. The van der Waals surface area contributed by atoms with Crippen molar-refractivity contribution in [3.05, 3.63) is 42.5 Å². The topological polar surface area (TPSA) is 44.1 Å². The SMILES string of the molecule is CC(=O)C(C)Oc1cnn(-c2ccccc2F)c1. The second-order valence-corrected chi connectivity index (χ2v) is 3.94. The number of aromatic nitrogens is 2. The Morgan fingerprint density at radius 2 is 2.17 bits per heavy atom. The van der Waals surface area contributed by atoms with E-state index in [0.29, 0.717) is 11.4 Å². The van der Waals surface area contributed by atoms with Gasteiger partial charge >= 0.3 is 0 Å². The Kier molecular flexibility index (Phi) is 3.41. The van der Waals surface area contributed by atoms with Gasteiger partial charge in [-0.05, 0) is 26.0 Å². The van der Waals surface area contributed by atoms with Gasteiger partial charge in [-0.3, -0.25) is 4.79 Å². The van der Waals surface area contributed by atoms with Gasteiger partial charge < -0.3 is 4.74 Å². The molecule has 0 aliphatic rings. The molecule has 0 aliphatic heterocycles. The first-order valence-corrected chi connectivity index (χ1v) is 5.54. The average Bonchev–Trinajstić information content (AvgIpc) is 2.77. The van der Waals surface area contributed by atoms with Gasteiger partial charge in [0, 0.05) is 0 Å². The van der Waals surface area contributed by atoms with Crippen molar-refractivity contribution in [3.63, 3.8) is 0 Å². The molecule has 0 fully saturated rings. The number of para-hydroxylation sites is 1. The van der Waals surface area contributed by atoms with Crippen LogP contribution in [-0.4, -0.2) is 21.7 Å². The molecule has 0 N–H and O–H groups in total. The van der Waals surface area contributed by atoms with Gasteiger partial charge in [-0.15, -0.1) is 0 Å². The van der Waals surface area contributed by atoms with E-state index >= 15 is 0 Å². The van der Waals surface area contributed by atoms with Crippen LogP contribution in [0.2, 0.25) is 0 Å². The highest BCUT2D eigenvalue weighted by Gasteiger charge is 2.11. The second-order valence-electron chi connectivity index (χ2n) is 3.94. The zero-order valence-electron chi connectivity index (χ0n) is 10.1. The smallest absolute Gasteiger partial charge is 0.169 e. The first-order valence-electron chi connectivity index (χ1n) is 5.54. The van der Waals surface area contributed by atoms with E-state index in [1.165, 1.54) is 30.1 Å². The number of hydrogen-bond acceptors (Lipinski definition) is 3. The molecule has 0 spiro atoms. The van der Waals surface area contributed by atoms with Gasteiger partial charge in [-0.25, -0.2) is 9.07 Å². The zero-order chi connectivity index (χ0) is 13.1. The highest BCUT2D eigenvalue weighted by molar-refractivity contribution is 5.80. The number of hydrogen-bond donors (Lipinski definition) is 0. The maximum Gasteiger partial charge on any atom is 0.169 e. The van der Waals surface area contributed by atoms with Crippen LogP contribution in [0.15, 0.2) is 36.7 Å². The predicted molar refractivity (Wildman–Crippen MR) is 64.3 cm³/mol. The van der Waals surface area contributed by atoms with E-state index in [1.807, 2.05) is 0 Å². The normalized spacial score (nSPS) is 12.2. The van der Waals surface area contributed by atoms with E-state index < -0.39 is 6.10 Å². The molecular formula is C13H13FN2O2. The monoisotopic (exact) mass is 248 g/mol. The number of benzene rings is 1. The Balaban J connectivity index is 2.21. The molecule has 0 bridgehead atoms. The molecule has 0 saturated carbocycles. The van der Waals surface area contributed by atoms with Crippen LogP contribution in [-0.2, 0) is 4.79 Å². The summed E-state index contributed by atoms with van der Waals surface area (Å²) in [5, 5.41) is 4.00. The summed E-state index contributed by atoms with van der Waals surface area (Å²) in [5.41, 5.74) is 0.336. The largest absolute Gasteiger partial charge is 0.480 e. The fraction of sp³-hybridized carbons (Fsp3) is 0.231. The van der Waals surface area contributed by atoms with Crippen molar-refractivity contribution in [1.82, 2.24) is 9.78 Å². The second kappa shape index (κ2) is 5.00. The van der Waals surface area contributed by atoms with Gasteiger partial charge in [-0.2, -0.15) is 5.10 Å². The number of halogens is 1. The first-order chi connectivity index (χ1) is 8.58. The van der Waals surface area contributed by atoms with Crippen molar-refractivity contribution < 1.29 is 13.9 Å². The summed E-state index contributed by atoms with van der Waals surface area (Å²) in [6, 6.07) is 6.30. The molecule has 1 heterocycles. The average molecular weight is 248 g/mol. The molecule has 0 aliphatic carbocycles. The third-order valence-corrected chi connectivity index (χ3v) is 2.54. The predicted octanol–water partition coefficient (Wildman–Crippen LogP) is 2.37. The van der Waals surface area contributed by atoms with Crippen LogP contribution in [0.5, 0.6) is 5.75 Å². The molecular weight excluding hydrogens is 235 g/mol. The number of rotatable bonds is 4. The van der Waals surface area contributed by atoms with E-state index in [2.05, 4.69) is 5.10 Å².